The number of nitrogen functional groups attached to an aromatic ring is 1. The number of carbonyl (C=O) groups is 2. The molecule has 1 aliphatic carbocycles. The predicted octanol–water partition coefficient (Wildman–Crippen LogP) is 3.31. The molecule has 1 aliphatic heterocycles. The number of amides is 2. The van der Waals surface area contributed by atoms with Crippen molar-refractivity contribution in [2.24, 2.45) is 5.92 Å². The van der Waals surface area contributed by atoms with Gasteiger partial charge in [-0.3, -0.25) is 9.59 Å². The molecule has 4 rings (SSSR count). The van der Waals surface area contributed by atoms with Crippen molar-refractivity contribution in [1.82, 2.24) is 9.80 Å². The van der Waals surface area contributed by atoms with Crippen molar-refractivity contribution >= 4 is 17.5 Å². The van der Waals surface area contributed by atoms with Crippen LogP contribution in [0.3, 0.4) is 0 Å². The fraction of sp³-hybridized carbons (Fsp3) is 0.391. The van der Waals surface area contributed by atoms with E-state index in [1.54, 1.807) is 24.3 Å². The maximum absolute atomic E-state index is 13.2. The molecule has 0 spiro atoms. The van der Waals surface area contributed by atoms with E-state index in [0.717, 1.165) is 25.7 Å². The lowest BCUT2D eigenvalue weighted by Crippen LogP contribution is -2.44. The van der Waals surface area contributed by atoms with Crippen molar-refractivity contribution in [2.75, 3.05) is 18.8 Å². The summed E-state index contributed by atoms with van der Waals surface area (Å²) in [6.07, 6.45) is 3.66. The lowest BCUT2D eigenvalue weighted by Gasteiger charge is -2.34. The number of nitrogens with two attached hydrogens (primary N) is 1. The first-order chi connectivity index (χ1) is 13.6. The van der Waals surface area contributed by atoms with Gasteiger partial charge in [0, 0.05) is 42.8 Å². The smallest absolute Gasteiger partial charge is 0.253 e. The van der Waals surface area contributed by atoms with Gasteiger partial charge in [-0.1, -0.05) is 36.4 Å². The van der Waals surface area contributed by atoms with E-state index in [4.69, 9.17) is 5.73 Å². The van der Waals surface area contributed by atoms with E-state index in [9.17, 15) is 9.59 Å². The maximum Gasteiger partial charge on any atom is 0.253 e. The maximum atomic E-state index is 13.2. The summed E-state index contributed by atoms with van der Waals surface area (Å²) in [5.41, 5.74) is 8.19. The van der Waals surface area contributed by atoms with Crippen molar-refractivity contribution < 1.29 is 9.59 Å². The molecular formula is C23H27N3O2. The van der Waals surface area contributed by atoms with Gasteiger partial charge in [0.25, 0.3) is 5.91 Å². The average Bonchev–Trinajstić information content (AvgIpc) is 3.57. The number of carbonyl (C=O) groups excluding carboxylic acids is 2. The van der Waals surface area contributed by atoms with E-state index in [2.05, 4.69) is 17.0 Å². The Balaban J connectivity index is 1.37. The summed E-state index contributed by atoms with van der Waals surface area (Å²) in [5.74, 6) is 0.262. The third-order valence-corrected chi connectivity index (χ3v) is 5.73. The van der Waals surface area contributed by atoms with Gasteiger partial charge in [0.05, 0.1) is 0 Å². The molecule has 1 heterocycles. The Hall–Kier alpha value is -2.82. The first-order valence-electron chi connectivity index (χ1n) is 10.1. The standard InChI is InChI=1S/C23H27N3O2/c24-20-8-4-7-19(15-20)22(27)25-13-11-18(12-14-25)23(28)26(21-9-10-21)16-17-5-2-1-3-6-17/h1-8,15,18,21H,9-14,16,24H2. The molecule has 2 N–H and O–H groups in total. The van der Waals surface area contributed by atoms with E-state index in [0.29, 0.717) is 36.9 Å². The number of benzene rings is 2. The highest BCUT2D eigenvalue weighted by molar-refractivity contribution is 5.95. The first-order valence-corrected chi connectivity index (χ1v) is 10.1. The van der Waals surface area contributed by atoms with E-state index < -0.39 is 0 Å². The average molecular weight is 377 g/mol. The summed E-state index contributed by atoms with van der Waals surface area (Å²) < 4.78 is 0. The summed E-state index contributed by atoms with van der Waals surface area (Å²) in [6, 6.07) is 17.7. The van der Waals surface area contributed by atoms with Gasteiger partial charge < -0.3 is 15.5 Å². The third-order valence-electron chi connectivity index (χ3n) is 5.73. The predicted molar refractivity (Wildman–Crippen MR) is 109 cm³/mol. The normalized spacial score (nSPS) is 17.4. The van der Waals surface area contributed by atoms with Crippen LogP contribution in [0.2, 0.25) is 0 Å². The van der Waals surface area contributed by atoms with Crippen LogP contribution < -0.4 is 5.73 Å². The van der Waals surface area contributed by atoms with Crippen LogP contribution in [0.4, 0.5) is 5.69 Å². The minimum atomic E-state index is 0.00142. The number of piperidine rings is 1. The Morgan fingerprint density at radius 2 is 1.68 bits per heavy atom. The summed E-state index contributed by atoms with van der Waals surface area (Å²) >= 11 is 0. The van der Waals surface area contributed by atoms with Gasteiger partial charge >= 0.3 is 0 Å². The van der Waals surface area contributed by atoms with Crippen LogP contribution in [-0.2, 0) is 11.3 Å². The molecule has 2 aliphatic rings. The quantitative estimate of drug-likeness (QED) is 0.813. The van der Waals surface area contributed by atoms with Gasteiger partial charge in [0.2, 0.25) is 5.91 Å². The topological polar surface area (TPSA) is 66.6 Å². The van der Waals surface area contributed by atoms with Crippen molar-refractivity contribution in [3.63, 3.8) is 0 Å². The summed E-state index contributed by atoms with van der Waals surface area (Å²) in [4.78, 5) is 29.8. The Morgan fingerprint density at radius 1 is 0.964 bits per heavy atom. The molecule has 0 radical (unpaired) electrons. The molecule has 0 bridgehead atoms. The van der Waals surface area contributed by atoms with Crippen LogP contribution in [0.5, 0.6) is 0 Å². The first kappa shape index (κ1) is 18.5. The Kier molecular flexibility index (Phi) is 5.33. The molecule has 0 unspecified atom stereocenters. The lowest BCUT2D eigenvalue weighted by atomic mass is 9.94. The van der Waals surface area contributed by atoms with Crippen LogP contribution in [-0.4, -0.2) is 40.7 Å². The molecule has 146 valence electrons. The summed E-state index contributed by atoms with van der Waals surface area (Å²) in [6.45, 7) is 1.93. The second-order valence-electron chi connectivity index (χ2n) is 7.87. The molecule has 0 aromatic heterocycles. The second kappa shape index (κ2) is 8.05. The van der Waals surface area contributed by atoms with Gasteiger partial charge in [0.15, 0.2) is 0 Å². The highest BCUT2D eigenvalue weighted by atomic mass is 16.2. The second-order valence-corrected chi connectivity index (χ2v) is 7.87. The SMILES string of the molecule is Nc1cccc(C(=O)N2CCC(C(=O)N(Cc3ccccc3)C3CC3)CC2)c1. The fourth-order valence-corrected chi connectivity index (χ4v) is 3.97. The fourth-order valence-electron chi connectivity index (χ4n) is 3.97. The third kappa shape index (κ3) is 4.19. The number of rotatable bonds is 5. The molecule has 2 amide bonds. The number of hydrogen-bond donors (Lipinski definition) is 1. The van der Waals surface area contributed by atoms with Gasteiger partial charge in [-0.2, -0.15) is 0 Å². The molecule has 0 atom stereocenters. The van der Waals surface area contributed by atoms with Crippen LogP contribution in [0.15, 0.2) is 54.6 Å². The molecule has 2 aromatic rings. The number of hydrogen-bond acceptors (Lipinski definition) is 3. The van der Waals surface area contributed by atoms with Crippen molar-refractivity contribution in [3.8, 4) is 0 Å². The Labute approximate surface area is 166 Å². The zero-order valence-electron chi connectivity index (χ0n) is 16.1. The van der Waals surface area contributed by atoms with Crippen molar-refractivity contribution in [1.29, 1.82) is 0 Å². The van der Waals surface area contributed by atoms with E-state index in [-0.39, 0.29) is 17.7 Å². The summed E-state index contributed by atoms with van der Waals surface area (Å²) in [5, 5.41) is 0. The van der Waals surface area contributed by atoms with Crippen LogP contribution in [0, 0.1) is 5.92 Å². The minimum Gasteiger partial charge on any atom is -0.399 e. The number of anilines is 1. The van der Waals surface area contributed by atoms with E-state index in [1.807, 2.05) is 23.1 Å². The van der Waals surface area contributed by atoms with Crippen LogP contribution >= 0.6 is 0 Å². The molecule has 1 saturated carbocycles. The molecule has 2 fully saturated rings. The monoisotopic (exact) mass is 377 g/mol. The number of nitrogens with zero attached hydrogens (tertiary/aromatic N) is 2. The number of likely N-dealkylation sites (tertiary alicyclic amines) is 1. The van der Waals surface area contributed by atoms with E-state index in [1.165, 1.54) is 5.56 Å². The van der Waals surface area contributed by atoms with Gasteiger partial charge in [-0.25, -0.2) is 0 Å². The Bertz CT molecular complexity index is 840. The van der Waals surface area contributed by atoms with Crippen molar-refractivity contribution in [2.45, 2.75) is 38.3 Å². The van der Waals surface area contributed by atoms with Crippen LogP contribution in [0.1, 0.15) is 41.6 Å². The van der Waals surface area contributed by atoms with Crippen molar-refractivity contribution in [3.05, 3.63) is 65.7 Å². The van der Waals surface area contributed by atoms with Crippen LogP contribution in [0.25, 0.3) is 0 Å². The van der Waals surface area contributed by atoms with Gasteiger partial charge in [-0.05, 0) is 49.4 Å². The molecule has 28 heavy (non-hydrogen) atoms. The largest absolute Gasteiger partial charge is 0.399 e. The summed E-state index contributed by atoms with van der Waals surface area (Å²) in [7, 11) is 0. The van der Waals surface area contributed by atoms with Gasteiger partial charge in [0.1, 0.15) is 0 Å². The Morgan fingerprint density at radius 3 is 2.32 bits per heavy atom. The molecule has 5 heteroatoms. The lowest BCUT2D eigenvalue weighted by molar-refractivity contribution is -0.138. The highest BCUT2D eigenvalue weighted by Gasteiger charge is 2.37. The molecule has 5 nitrogen and oxygen atoms in total. The minimum absolute atomic E-state index is 0.00142. The zero-order valence-corrected chi connectivity index (χ0v) is 16.1. The molecule has 2 aromatic carbocycles. The molecule has 1 saturated heterocycles. The van der Waals surface area contributed by atoms with Gasteiger partial charge in [-0.15, -0.1) is 0 Å². The highest BCUT2D eigenvalue weighted by Crippen LogP contribution is 2.32. The zero-order chi connectivity index (χ0) is 19.5. The van der Waals surface area contributed by atoms with E-state index >= 15 is 0 Å². The molecular weight excluding hydrogens is 350 g/mol.